The fourth-order valence-electron chi connectivity index (χ4n) is 2.48. The van der Waals surface area contributed by atoms with E-state index in [2.05, 4.69) is 20.4 Å². The monoisotopic (exact) mass is 248 g/mol. The Hall–Kier alpha value is -1.65. The van der Waals surface area contributed by atoms with Gasteiger partial charge in [0, 0.05) is 20.1 Å². The van der Waals surface area contributed by atoms with E-state index >= 15 is 0 Å². The second-order valence-corrected chi connectivity index (χ2v) is 5.20. The third-order valence-corrected chi connectivity index (χ3v) is 3.58. The van der Waals surface area contributed by atoms with E-state index in [1.807, 2.05) is 26.0 Å². The number of carbonyl (C=O) groups is 1. The lowest BCUT2D eigenvalue weighted by Crippen LogP contribution is -2.50. The number of nitrogens with zero attached hydrogens (tertiary/aromatic N) is 3. The summed E-state index contributed by atoms with van der Waals surface area (Å²) in [6.45, 7) is 5.57. The summed E-state index contributed by atoms with van der Waals surface area (Å²) >= 11 is 0. The van der Waals surface area contributed by atoms with Crippen LogP contribution in [-0.4, -0.2) is 36.2 Å². The van der Waals surface area contributed by atoms with Crippen molar-refractivity contribution in [2.45, 2.75) is 26.7 Å². The molecule has 0 unspecified atom stereocenters. The number of anilines is 1. The standard InChI is InChI=1S/C13H20N4O/c1-10-5-6-11(16-15-10)17-8-4-7-13(2,9-17)12(18)14-3/h5-6H,4,7-9H2,1-3H3,(H,14,18)/t13-/m1/s1. The van der Waals surface area contributed by atoms with Crippen molar-refractivity contribution >= 4 is 11.7 Å². The molecule has 1 aliphatic heterocycles. The molecule has 1 aromatic rings. The quantitative estimate of drug-likeness (QED) is 0.852. The summed E-state index contributed by atoms with van der Waals surface area (Å²) < 4.78 is 0. The molecule has 0 aromatic carbocycles. The second-order valence-electron chi connectivity index (χ2n) is 5.20. The Bertz CT molecular complexity index is 431. The van der Waals surface area contributed by atoms with Gasteiger partial charge in [0.15, 0.2) is 5.82 Å². The summed E-state index contributed by atoms with van der Waals surface area (Å²) in [5, 5.41) is 11.0. The predicted molar refractivity (Wildman–Crippen MR) is 70.4 cm³/mol. The van der Waals surface area contributed by atoms with Gasteiger partial charge in [-0.1, -0.05) is 0 Å². The third kappa shape index (κ3) is 2.44. The number of hydrogen-bond donors (Lipinski definition) is 1. The molecule has 5 nitrogen and oxygen atoms in total. The second kappa shape index (κ2) is 4.92. The van der Waals surface area contributed by atoms with E-state index in [0.29, 0.717) is 6.54 Å². The maximum absolute atomic E-state index is 11.9. The van der Waals surface area contributed by atoms with E-state index < -0.39 is 0 Å². The third-order valence-electron chi connectivity index (χ3n) is 3.58. The molecule has 0 spiro atoms. The van der Waals surface area contributed by atoms with Crippen LogP contribution in [0.1, 0.15) is 25.5 Å². The van der Waals surface area contributed by atoms with Gasteiger partial charge in [0.2, 0.25) is 5.91 Å². The molecule has 1 fully saturated rings. The first-order valence-corrected chi connectivity index (χ1v) is 6.33. The van der Waals surface area contributed by atoms with E-state index in [1.54, 1.807) is 7.05 Å². The van der Waals surface area contributed by atoms with Crippen molar-refractivity contribution in [1.82, 2.24) is 15.5 Å². The predicted octanol–water partition coefficient (Wildman–Crippen LogP) is 1.14. The van der Waals surface area contributed by atoms with Crippen LogP contribution < -0.4 is 10.2 Å². The molecule has 1 atom stereocenters. The van der Waals surface area contributed by atoms with Gasteiger partial charge in [-0.05, 0) is 38.8 Å². The summed E-state index contributed by atoms with van der Waals surface area (Å²) in [6, 6.07) is 3.92. The van der Waals surface area contributed by atoms with Gasteiger partial charge in [0.1, 0.15) is 0 Å². The van der Waals surface area contributed by atoms with Crippen LogP contribution in [0.2, 0.25) is 0 Å². The molecule has 1 aromatic heterocycles. The minimum atomic E-state index is -0.334. The van der Waals surface area contributed by atoms with Gasteiger partial charge >= 0.3 is 0 Å². The molecule has 0 aliphatic carbocycles. The molecule has 2 heterocycles. The van der Waals surface area contributed by atoms with Gasteiger partial charge < -0.3 is 10.2 Å². The maximum atomic E-state index is 11.9. The fraction of sp³-hybridized carbons (Fsp3) is 0.615. The number of amides is 1. The van der Waals surface area contributed by atoms with Crippen LogP contribution in [0.25, 0.3) is 0 Å². The Kier molecular flexibility index (Phi) is 3.50. The number of aromatic nitrogens is 2. The molecule has 1 N–H and O–H groups in total. The number of piperidine rings is 1. The lowest BCUT2D eigenvalue weighted by molar-refractivity contribution is -0.130. The van der Waals surface area contributed by atoms with Crippen LogP contribution in [0.4, 0.5) is 5.82 Å². The molecule has 5 heteroatoms. The normalized spacial score (nSPS) is 23.8. The first-order chi connectivity index (χ1) is 8.55. The van der Waals surface area contributed by atoms with Crippen LogP contribution in [-0.2, 0) is 4.79 Å². The van der Waals surface area contributed by atoms with Gasteiger partial charge in [-0.2, -0.15) is 5.10 Å². The highest BCUT2D eigenvalue weighted by Crippen LogP contribution is 2.31. The zero-order chi connectivity index (χ0) is 13.2. The highest BCUT2D eigenvalue weighted by molar-refractivity contribution is 5.82. The van der Waals surface area contributed by atoms with Gasteiger partial charge in [0.25, 0.3) is 0 Å². The van der Waals surface area contributed by atoms with E-state index in [0.717, 1.165) is 30.9 Å². The lowest BCUT2D eigenvalue weighted by Gasteiger charge is -2.39. The van der Waals surface area contributed by atoms with Gasteiger partial charge in [-0.3, -0.25) is 4.79 Å². The SMILES string of the molecule is CNC(=O)[C@]1(C)CCCN(c2ccc(C)nn2)C1. The molecule has 0 saturated carbocycles. The van der Waals surface area contributed by atoms with Crippen LogP contribution in [0.15, 0.2) is 12.1 Å². The van der Waals surface area contributed by atoms with Crippen molar-refractivity contribution in [3.8, 4) is 0 Å². The molecule has 1 aliphatic rings. The zero-order valence-electron chi connectivity index (χ0n) is 11.2. The van der Waals surface area contributed by atoms with Crippen molar-refractivity contribution in [2.75, 3.05) is 25.0 Å². The van der Waals surface area contributed by atoms with Gasteiger partial charge in [-0.15, -0.1) is 5.10 Å². The number of hydrogen-bond acceptors (Lipinski definition) is 4. The number of rotatable bonds is 2. The molecular weight excluding hydrogens is 228 g/mol. The number of aryl methyl sites for hydroxylation is 1. The molecular formula is C13H20N4O. The lowest BCUT2D eigenvalue weighted by atomic mass is 9.81. The molecule has 0 radical (unpaired) electrons. The van der Waals surface area contributed by atoms with Crippen molar-refractivity contribution in [3.63, 3.8) is 0 Å². The van der Waals surface area contributed by atoms with Gasteiger partial charge in [-0.25, -0.2) is 0 Å². The summed E-state index contributed by atoms with van der Waals surface area (Å²) in [5.74, 6) is 0.961. The maximum Gasteiger partial charge on any atom is 0.227 e. The largest absolute Gasteiger partial charge is 0.359 e. The first-order valence-electron chi connectivity index (χ1n) is 6.33. The number of nitrogens with one attached hydrogen (secondary N) is 1. The minimum absolute atomic E-state index is 0.104. The van der Waals surface area contributed by atoms with E-state index in [4.69, 9.17) is 0 Å². The molecule has 1 amide bonds. The first kappa shape index (κ1) is 12.8. The Labute approximate surface area is 108 Å². The average molecular weight is 248 g/mol. The topological polar surface area (TPSA) is 58.1 Å². The van der Waals surface area contributed by atoms with Crippen molar-refractivity contribution in [3.05, 3.63) is 17.8 Å². The Morgan fingerprint density at radius 2 is 2.22 bits per heavy atom. The van der Waals surface area contributed by atoms with E-state index in [1.165, 1.54) is 0 Å². The summed E-state index contributed by atoms with van der Waals surface area (Å²) in [4.78, 5) is 14.1. The minimum Gasteiger partial charge on any atom is -0.359 e. The summed E-state index contributed by atoms with van der Waals surface area (Å²) in [7, 11) is 1.69. The van der Waals surface area contributed by atoms with E-state index in [9.17, 15) is 4.79 Å². The van der Waals surface area contributed by atoms with Gasteiger partial charge in [0.05, 0.1) is 11.1 Å². The van der Waals surface area contributed by atoms with Crippen LogP contribution in [0, 0.1) is 12.3 Å². The smallest absolute Gasteiger partial charge is 0.227 e. The number of carbonyl (C=O) groups excluding carboxylic acids is 1. The summed E-state index contributed by atoms with van der Waals surface area (Å²) in [5.41, 5.74) is 0.573. The van der Waals surface area contributed by atoms with Crippen molar-refractivity contribution in [2.24, 2.45) is 5.41 Å². The van der Waals surface area contributed by atoms with Crippen LogP contribution in [0.3, 0.4) is 0 Å². The fourth-order valence-corrected chi connectivity index (χ4v) is 2.48. The zero-order valence-corrected chi connectivity index (χ0v) is 11.2. The van der Waals surface area contributed by atoms with E-state index in [-0.39, 0.29) is 11.3 Å². The van der Waals surface area contributed by atoms with Crippen molar-refractivity contribution in [1.29, 1.82) is 0 Å². The molecule has 1 saturated heterocycles. The van der Waals surface area contributed by atoms with Crippen LogP contribution in [0.5, 0.6) is 0 Å². The molecule has 98 valence electrons. The molecule has 18 heavy (non-hydrogen) atoms. The Balaban J connectivity index is 2.16. The average Bonchev–Trinajstić information content (AvgIpc) is 2.38. The molecule has 2 rings (SSSR count). The van der Waals surface area contributed by atoms with Crippen LogP contribution >= 0.6 is 0 Å². The Morgan fingerprint density at radius 1 is 1.44 bits per heavy atom. The highest BCUT2D eigenvalue weighted by Gasteiger charge is 2.37. The summed E-state index contributed by atoms with van der Waals surface area (Å²) in [6.07, 6.45) is 1.92. The van der Waals surface area contributed by atoms with Crippen molar-refractivity contribution < 1.29 is 4.79 Å². The molecule has 0 bridgehead atoms. The Morgan fingerprint density at radius 3 is 2.83 bits per heavy atom. The highest BCUT2D eigenvalue weighted by atomic mass is 16.2.